The summed E-state index contributed by atoms with van der Waals surface area (Å²) in [6, 6.07) is 21.1. The van der Waals surface area contributed by atoms with Crippen LogP contribution in [0.25, 0.3) is 11.3 Å². The molecule has 1 heterocycles. The third-order valence-corrected chi connectivity index (χ3v) is 8.65. The van der Waals surface area contributed by atoms with Crippen LogP contribution in [0.4, 0.5) is 24.5 Å². The van der Waals surface area contributed by atoms with Gasteiger partial charge < -0.3 is 34.5 Å². The van der Waals surface area contributed by atoms with Gasteiger partial charge in [0.2, 0.25) is 0 Å². The lowest BCUT2D eigenvalue weighted by atomic mass is 10.0. The van der Waals surface area contributed by atoms with Gasteiger partial charge in [-0.25, -0.2) is 0 Å². The van der Waals surface area contributed by atoms with Crippen molar-refractivity contribution in [2.45, 2.75) is 46.3 Å². The van der Waals surface area contributed by atoms with E-state index in [1.54, 1.807) is 12.1 Å². The molecule has 0 bridgehead atoms. The van der Waals surface area contributed by atoms with E-state index in [-0.39, 0.29) is 18.0 Å². The maximum absolute atomic E-state index is 13.6. The third-order valence-electron chi connectivity index (χ3n) is 8.65. The Morgan fingerprint density at radius 3 is 2.05 bits per heavy atom. The number of aromatic nitrogens is 1. The number of rotatable bonds is 23. The fourth-order valence-electron chi connectivity index (χ4n) is 5.74. The van der Waals surface area contributed by atoms with Gasteiger partial charge in [0, 0.05) is 61.4 Å². The number of anilines is 2. The molecule has 0 aliphatic rings. The molecule has 4 aromatic rings. The third kappa shape index (κ3) is 14.1. The first-order valence-corrected chi connectivity index (χ1v) is 18.6. The predicted octanol–water partition coefficient (Wildman–Crippen LogP) is 7.81. The molecule has 0 saturated carbocycles. The van der Waals surface area contributed by atoms with E-state index in [1.807, 2.05) is 57.2 Å². The van der Waals surface area contributed by atoms with Crippen LogP contribution in [0.3, 0.4) is 0 Å². The number of hydrogen-bond acceptors (Lipinski definition) is 8. The van der Waals surface area contributed by atoms with Crippen molar-refractivity contribution < 1.29 is 41.7 Å². The van der Waals surface area contributed by atoms with Gasteiger partial charge in [0.25, 0.3) is 11.8 Å². The van der Waals surface area contributed by atoms with Crippen LogP contribution in [0.1, 0.15) is 64.6 Å². The molecule has 0 atom stereocenters. The number of pyridine rings is 1. The van der Waals surface area contributed by atoms with Crippen molar-refractivity contribution in [2.75, 3.05) is 76.2 Å². The Hall–Kier alpha value is -4.82. The molecule has 0 spiro atoms. The van der Waals surface area contributed by atoms with Gasteiger partial charge in [-0.3, -0.25) is 14.6 Å². The minimum absolute atomic E-state index is 0.0905. The number of benzene rings is 3. The summed E-state index contributed by atoms with van der Waals surface area (Å²) in [7, 11) is 0. The molecule has 0 unspecified atom stereocenters. The summed E-state index contributed by atoms with van der Waals surface area (Å²) in [5, 5.41) is 5.74. The Balaban J connectivity index is 1.38. The molecule has 2 amide bonds. The second kappa shape index (κ2) is 22.5. The normalized spacial score (nSPS) is 11.4. The first-order valence-electron chi connectivity index (χ1n) is 18.6. The van der Waals surface area contributed by atoms with Crippen LogP contribution < -0.4 is 15.5 Å². The van der Waals surface area contributed by atoms with Crippen LogP contribution in [0.15, 0.2) is 85.1 Å². The van der Waals surface area contributed by atoms with E-state index in [1.165, 1.54) is 24.4 Å². The zero-order chi connectivity index (χ0) is 39.5. The predicted molar refractivity (Wildman–Crippen MR) is 208 cm³/mol. The monoisotopic (exact) mass is 764 g/mol. The van der Waals surface area contributed by atoms with E-state index in [4.69, 9.17) is 18.9 Å². The fourth-order valence-corrected chi connectivity index (χ4v) is 5.74. The van der Waals surface area contributed by atoms with Crippen molar-refractivity contribution in [3.63, 3.8) is 0 Å². The number of nitrogens with one attached hydrogen (secondary N) is 2. The van der Waals surface area contributed by atoms with Crippen LogP contribution in [-0.2, 0) is 38.1 Å². The first-order chi connectivity index (χ1) is 26.6. The lowest BCUT2D eigenvalue weighted by molar-refractivity contribution is -0.137. The second-order valence-corrected chi connectivity index (χ2v) is 12.5. The van der Waals surface area contributed by atoms with Gasteiger partial charge in [0.1, 0.15) is 0 Å². The largest absolute Gasteiger partial charge is 0.416 e. The highest BCUT2D eigenvalue weighted by atomic mass is 19.4. The van der Waals surface area contributed by atoms with E-state index in [0.717, 1.165) is 49.3 Å². The summed E-state index contributed by atoms with van der Waals surface area (Å²) >= 11 is 0. The van der Waals surface area contributed by atoms with Gasteiger partial charge in [-0.1, -0.05) is 24.3 Å². The minimum Gasteiger partial charge on any atom is -0.379 e. The molecular weight excluding hydrogens is 713 g/mol. The topological polar surface area (TPSA) is 111 Å². The van der Waals surface area contributed by atoms with E-state index >= 15 is 0 Å². The van der Waals surface area contributed by atoms with Crippen molar-refractivity contribution in [1.82, 2.24) is 10.3 Å². The van der Waals surface area contributed by atoms with Crippen molar-refractivity contribution in [3.8, 4) is 11.3 Å². The molecule has 296 valence electrons. The molecule has 13 heteroatoms. The number of ether oxygens (including phenoxy) is 4. The van der Waals surface area contributed by atoms with Gasteiger partial charge in [-0.05, 0) is 99.3 Å². The van der Waals surface area contributed by atoms with Gasteiger partial charge in [-0.15, -0.1) is 0 Å². The number of carbonyl (C=O) groups excluding carboxylic acids is 2. The van der Waals surface area contributed by atoms with E-state index in [0.29, 0.717) is 80.9 Å². The highest BCUT2D eigenvalue weighted by molar-refractivity contribution is 6.06. The Kier molecular flexibility index (Phi) is 17.6. The molecule has 0 aliphatic carbocycles. The molecule has 4 rings (SSSR count). The summed E-state index contributed by atoms with van der Waals surface area (Å²) in [6.45, 7) is 11.8. The molecule has 0 saturated heterocycles. The van der Waals surface area contributed by atoms with Crippen LogP contribution in [0.2, 0.25) is 0 Å². The van der Waals surface area contributed by atoms with Crippen molar-refractivity contribution >= 4 is 23.2 Å². The smallest absolute Gasteiger partial charge is 0.379 e. The first kappa shape index (κ1) is 42.9. The van der Waals surface area contributed by atoms with Crippen LogP contribution in [-0.4, -0.2) is 82.7 Å². The van der Waals surface area contributed by atoms with Crippen LogP contribution in [0, 0.1) is 0 Å². The average Bonchev–Trinajstić information content (AvgIpc) is 3.19. The Bertz CT molecular complexity index is 1800. The van der Waals surface area contributed by atoms with Crippen LogP contribution >= 0.6 is 0 Å². The molecule has 10 nitrogen and oxygen atoms in total. The summed E-state index contributed by atoms with van der Waals surface area (Å²) in [5.41, 5.74) is 3.77. The lowest BCUT2D eigenvalue weighted by Crippen LogP contribution is -2.23. The highest BCUT2D eigenvalue weighted by Crippen LogP contribution is 2.33. The summed E-state index contributed by atoms with van der Waals surface area (Å²) in [6.07, 6.45) is -1.49. The van der Waals surface area contributed by atoms with Crippen LogP contribution in [0.5, 0.6) is 0 Å². The number of halogens is 3. The number of aryl methyl sites for hydroxylation is 1. The molecule has 0 aliphatic heterocycles. The lowest BCUT2D eigenvalue weighted by Gasteiger charge is -2.23. The van der Waals surface area contributed by atoms with Crippen molar-refractivity contribution in [3.05, 3.63) is 113 Å². The summed E-state index contributed by atoms with van der Waals surface area (Å²) < 4.78 is 61.4. The fraction of sp³-hybridized carbons (Fsp3) is 0.405. The summed E-state index contributed by atoms with van der Waals surface area (Å²) in [5.74, 6) is -0.777. The SMILES string of the molecule is CCOCCOCCOCCOCCCc1cccc(C(=O)Nc2ccc(N(CC)CC)cc2-c2cc(C(=O)NCc3cccc(C(F)(F)F)c3)ccn2)c1. The second-order valence-electron chi connectivity index (χ2n) is 12.5. The number of amides is 2. The maximum atomic E-state index is 13.6. The number of alkyl halides is 3. The van der Waals surface area contributed by atoms with Crippen molar-refractivity contribution in [2.24, 2.45) is 0 Å². The van der Waals surface area contributed by atoms with E-state index in [2.05, 4.69) is 20.5 Å². The minimum atomic E-state index is -4.48. The van der Waals surface area contributed by atoms with Gasteiger partial charge in [-0.2, -0.15) is 13.2 Å². The molecule has 0 radical (unpaired) electrons. The number of nitrogens with zero attached hydrogens (tertiary/aromatic N) is 2. The Morgan fingerprint density at radius 1 is 0.709 bits per heavy atom. The summed E-state index contributed by atoms with van der Waals surface area (Å²) in [4.78, 5) is 33.5. The number of carbonyl (C=O) groups is 2. The Labute approximate surface area is 321 Å². The molecular formula is C42H51F3N4O6. The van der Waals surface area contributed by atoms with E-state index in [9.17, 15) is 22.8 Å². The number of hydrogen-bond donors (Lipinski definition) is 2. The van der Waals surface area contributed by atoms with Gasteiger partial charge in [0.05, 0.1) is 56.6 Å². The van der Waals surface area contributed by atoms with E-state index < -0.39 is 17.6 Å². The maximum Gasteiger partial charge on any atom is 0.416 e. The highest BCUT2D eigenvalue weighted by Gasteiger charge is 2.30. The van der Waals surface area contributed by atoms with Gasteiger partial charge >= 0.3 is 6.18 Å². The zero-order valence-electron chi connectivity index (χ0n) is 31.8. The molecule has 3 aromatic carbocycles. The quantitative estimate of drug-likeness (QED) is 0.0737. The average molecular weight is 765 g/mol. The molecule has 55 heavy (non-hydrogen) atoms. The molecule has 0 fully saturated rings. The van der Waals surface area contributed by atoms with Crippen molar-refractivity contribution in [1.29, 1.82) is 0 Å². The standard InChI is InChI=1S/C42H51F3N4O6/c1-4-49(5-2)36-15-16-38(37(29-36)39-28-34(17-18-46-39)40(50)47-30-32-11-8-14-35(27-32)42(43,44)45)48-41(51)33-13-7-10-31(26-33)12-9-19-53-22-23-55-25-24-54-21-20-52-6-3/h7-8,10-11,13-18,26-29H,4-6,9,12,19-25,30H2,1-3H3,(H,47,50)(H,48,51). The molecule has 1 aromatic heterocycles. The molecule has 2 N–H and O–H groups in total. The van der Waals surface area contributed by atoms with Gasteiger partial charge in [0.15, 0.2) is 0 Å². The Morgan fingerprint density at radius 2 is 1.36 bits per heavy atom. The zero-order valence-corrected chi connectivity index (χ0v) is 31.8.